The van der Waals surface area contributed by atoms with Crippen LogP contribution >= 0.6 is 11.8 Å². The molecule has 0 aromatic heterocycles. The van der Waals surface area contributed by atoms with Crippen molar-refractivity contribution in [2.45, 2.75) is 11.1 Å². The molecule has 3 aromatic rings. The average Bonchev–Trinajstić information content (AvgIpc) is 2.79. The maximum atomic E-state index is 13.9. The Labute approximate surface area is 196 Å². The SMILES string of the molecule is O=C(CSc1ccc(NC(=O)c2ccccc2F)cc1)Nc1c(F)c(F)c(C(F)(F)F)c(F)c1F. The molecule has 2 amide bonds. The normalized spacial score (nSPS) is 11.3. The quantitative estimate of drug-likeness (QED) is 0.225. The topological polar surface area (TPSA) is 58.2 Å². The predicted octanol–water partition coefficient (Wildman–Crippen LogP) is 6.38. The van der Waals surface area contributed by atoms with Gasteiger partial charge < -0.3 is 10.6 Å². The lowest BCUT2D eigenvalue weighted by atomic mass is 10.1. The van der Waals surface area contributed by atoms with Gasteiger partial charge in [0.2, 0.25) is 5.91 Å². The molecule has 3 aromatic carbocycles. The van der Waals surface area contributed by atoms with E-state index < -0.39 is 64.1 Å². The summed E-state index contributed by atoms with van der Waals surface area (Å²) in [6.45, 7) is 0. The Bertz CT molecular complexity index is 1250. The van der Waals surface area contributed by atoms with Crippen molar-refractivity contribution in [3.8, 4) is 0 Å². The first-order chi connectivity index (χ1) is 16.4. The molecule has 4 nitrogen and oxygen atoms in total. The van der Waals surface area contributed by atoms with Crippen molar-refractivity contribution < 1.29 is 44.7 Å². The van der Waals surface area contributed by atoms with E-state index in [4.69, 9.17) is 0 Å². The molecule has 0 atom stereocenters. The van der Waals surface area contributed by atoms with Crippen LogP contribution in [-0.2, 0) is 11.0 Å². The highest BCUT2D eigenvalue weighted by atomic mass is 32.2. The van der Waals surface area contributed by atoms with Crippen LogP contribution in [0, 0.1) is 29.1 Å². The summed E-state index contributed by atoms with van der Waals surface area (Å²) in [5.74, 6) is -13.3. The second kappa shape index (κ2) is 10.3. The maximum Gasteiger partial charge on any atom is 0.422 e. The standard InChI is InChI=1S/C22H12F8N2O2S/c23-13-4-2-1-3-12(13)21(34)31-10-5-7-11(8-6-10)35-9-14(33)32-20-18(26)16(24)15(22(28,29)30)17(25)19(20)27/h1-8H,9H2,(H,31,34)(H,32,33). The van der Waals surface area contributed by atoms with Gasteiger partial charge in [0.25, 0.3) is 5.91 Å². The van der Waals surface area contributed by atoms with E-state index in [9.17, 15) is 44.7 Å². The summed E-state index contributed by atoms with van der Waals surface area (Å²) in [5, 5.41) is 3.98. The first kappa shape index (κ1) is 26.0. The number of nitrogens with one attached hydrogen (secondary N) is 2. The van der Waals surface area contributed by atoms with Gasteiger partial charge in [-0.05, 0) is 36.4 Å². The molecule has 2 N–H and O–H groups in total. The summed E-state index contributed by atoms with van der Waals surface area (Å²) in [6.07, 6.45) is -5.70. The number of anilines is 2. The van der Waals surface area contributed by atoms with Gasteiger partial charge in [-0.25, -0.2) is 22.0 Å². The largest absolute Gasteiger partial charge is 0.422 e. The van der Waals surface area contributed by atoms with Gasteiger partial charge in [0.05, 0.1) is 11.3 Å². The summed E-state index contributed by atoms with van der Waals surface area (Å²) in [4.78, 5) is 24.5. The van der Waals surface area contributed by atoms with Crippen molar-refractivity contribution >= 4 is 35.0 Å². The molecule has 35 heavy (non-hydrogen) atoms. The lowest BCUT2D eigenvalue weighted by molar-refractivity contribution is -0.143. The molecule has 13 heteroatoms. The summed E-state index contributed by atoms with van der Waals surface area (Å²) in [5.41, 5.74) is -4.34. The third kappa shape index (κ3) is 5.91. The van der Waals surface area contributed by atoms with Gasteiger partial charge >= 0.3 is 6.18 Å². The van der Waals surface area contributed by atoms with E-state index in [0.717, 1.165) is 17.8 Å². The van der Waals surface area contributed by atoms with Crippen LogP contribution in [0.1, 0.15) is 15.9 Å². The Hall–Kier alpha value is -3.61. The van der Waals surface area contributed by atoms with Crippen LogP contribution in [0.25, 0.3) is 0 Å². The summed E-state index contributed by atoms with van der Waals surface area (Å²) in [6, 6.07) is 11.0. The van der Waals surface area contributed by atoms with Crippen molar-refractivity contribution in [1.29, 1.82) is 0 Å². The lowest BCUT2D eigenvalue weighted by Crippen LogP contribution is -2.21. The van der Waals surface area contributed by atoms with Crippen molar-refractivity contribution in [2.24, 2.45) is 0 Å². The second-order valence-electron chi connectivity index (χ2n) is 6.80. The van der Waals surface area contributed by atoms with Crippen LogP contribution in [0.15, 0.2) is 53.4 Å². The number of hydrogen-bond acceptors (Lipinski definition) is 3. The monoisotopic (exact) mass is 520 g/mol. The highest BCUT2D eigenvalue weighted by molar-refractivity contribution is 8.00. The number of alkyl halides is 3. The number of amides is 2. The average molecular weight is 520 g/mol. The Morgan fingerprint density at radius 3 is 1.89 bits per heavy atom. The maximum absolute atomic E-state index is 13.9. The van der Waals surface area contributed by atoms with Crippen LogP contribution in [0.5, 0.6) is 0 Å². The molecular formula is C22H12F8N2O2S. The Balaban J connectivity index is 1.64. The predicted molar refractivity (Wildman–Crippen MR) is 111 cm³/mol. The summed E-state index contributed by atoms with van der Waals surface area (Å²) >= 11 is 0.805. The number of carbonyl (C=O) groups is 2. The number of benzene rings is 3. The first-order valence-electron chi connectivity index (χ1n) is 9.42. The van der Waals surface area contributed by atoms with Gasteiger partial charge in [0.15, 0.2) is 23.3 Å². The van der Waals surface area contributed by atoms with E-state index in [1.54, 1.807) is 0 Å². The molecule has 0 aliphatic rings. The molecule has 0 aliphatic carbocycles. The Kier molecular flexibility index (Phi) is 7.68. The number of hydrogen-bond donors (Lipinski definition) is 2. The molecule has 0 aliphatic heterocycles. The lowest BCUT2D eigenvalue weighted by Gasteiger charge is -2.14. The molecule has 0 saturated carbocycles. The van der Waals surface area contributed by atoms with Crippen molar-refractivity contribution in [3.63, 3.8) is 0 Å². The van der Waals surface area contributed by atoms with Gasteiger partial charge in [-0.1, -0.05) is 12.1 Å². The first-order valence-corrected chi connectivity index (χ1v) is 10.4. The van der Waals surface area contributed by atoms with Crippen LogP contribution in [0.4, 0.5) is 46.5 Å². The Morgan fingerprint density at radius 2 is 1.34 bits per heavy atom. The van der Waals surface area contributed by atoms with Crippen LogP contribution in [0.2, 0.25) is 0 Å². The van der Waals surface area contributed by atoms with E-state index in [0.29, 0.717) is 4.90 Å². The number of halogens is 8. The van der Waals surface area contributed by atoms with Crippen LogP contribution in [-0.4, -0.2) is 17.6 Å². The van der Waals surface area contributed by atoms with Crippen molar-refractivity contribution in [1.82, 2.24) is 0 Å². The van der Waals surface area contributed by atoms with E-state index in [2.05, 4.69) is 5.32 Å². The third-order valence-corrected chi connectivity index (χ3v) is 5.42. The van der Waals surface area contributed by atoms with Crippen LogP contribution in [0.3, 0.4) is 0 Å². The van der Waals surface area contributed by atoms with Crippen molar-refractivity contribution in [3.05, 3.63) is 88.7 Å². The number of rotatable bonds is 6. The zero-order valence-electron chi connectivity index (χ0n) is 17.1. The van der Waals surface area contributed by atoms with E-state index in [-0.39, 0.29) is 11.3 Å². The molecule has 0 saturated heterocycles. The minimum Gasteiger partial charge on any atom is -0.322 e. The van der Waals surface area contributed by atoms with Gasteiger partial charge in [0, 0.05) is 10.6 Å². The molecule has 0 heterocycles. The Morgan fingerprint density at radius 1 is 0.771 bits per heavy atom. The molecule has 0 fully saturated rings. The number of carbonyl (C=O) groups excluding carboxylic acids is 2. The van der Waals surface area contributed by atoms with E-state index in [1.165, 1.54) is 47.8 Å². The van der Waals surface area contributed by atoms with E-state index in [1.807, 2.05) is 0 Å². The molecular weight excluding hydrogens is 508 g/mol. The minimum atomic E-state index is -5.70. The minimum absolute atomic E-state index is 0.182. The molecule has 3 rings (SSSR count). The fraction of sp³-hybridized carbons (Fsp3) is 0.0909. The zero-order valence-corrected chi connectivity index (χ0v) is 17.9. The molecule has 0 spiro atoms. The second-order valence-corrected chi connectivity index (χ2v) is 7.85. The molecule has 0 bridgehead atoms. The van der Waals surface area contributed by atoms with Crippen molar-refractivity contribution in [2.75, 3.05) is 16.4 Å². The third-order valence-electron chi connectivity index (χ3n) is 4.41. The molecule has 0 radical (unpaired) electrons. The summed E-state index contributed by atoms with van der Waals surface area (Å²) < 4.78 is 107. The van der Waals surface area contributed by atoms with Gasteiger partial charge in [-0.3, -0.25) is 9.59 Å². The summed E-state index contributed by atoms with van der Waals surface area (Å²) in [7, 11) is 0. The fourth-order valence-corrected chi connectivity index (χ4v) is 3.49. The highest BCUT2D eigenvalue weighted by Gasteiger charge is 2.42. The highest BCUT2D eigenvalue weighted by Crippen LogP contribution is 2.38. The van der Waals surface area contributed by atoms with E-state index >= 15 is 0 Å². The smallest absolute Gasteiger partial charge is 0.322 e. The van der Waals surface area contributed by atoms with Gasteiger partial charge in [-0.15, -0.1) is 11.8 Å². The zero-order chi connectivity index (χ0) is 25.9. The number of thioether (sulfide) groups is 1. The molecule has 184 valence electrons. The van der Waals surface area contributed by atoms with Crippen LogP contribution < -0.4 is 10.6 Å². The molecule has 0 unspecified atom stereocenters. The van der Waals surface area contributed by atoms with Gasteiger partial charge in [0.1, 0.15) is 17.1 Å². The van der Waals surface area contributed by atoms with Gasteiger partial charge in [-0.2, -0.15) is 13.2 Å². The fourth-order valence-electron chi connectivity index (χ4n) is 2.79.